The minimum atomic E-state index is 0.308. The molecule has 0 aromatic carbocycles. The maximum absolute atomic E-state index is 4.71. The van der Waals surface area contributed by atoms with Crippen LogP contribution in [0.1, 0.15) is 59.9 Å². The van der Waals surface area contributed by atoms with Gasteiger partial charge in [-0.25, -0.2) is 0 Å². The molecule has 0 amide bonds. The standard InChI is InChI=1S/C19H25N3/c1-12-5-7-16(20-10-12)17-8-6-14(3)19(22-17)18-15(4)9-13(2)11-21-18/h5,7,9-11,14,17,19,22H,6,8H2,1-4H3. The van der Waals surface area contributed by atoms with Crippen LogP contribution < -0.4 is 5.32 Å². The van der Waals surface area contributed by atoms with Gasteiger partial charge in [0.25, 0.3) is 0 Å². The molecule has 3 unspecified atom stereocenters. The summed E-state index contributed by atoms with van der Waals surface area (Å²) >= 11 is 0. The van der Waals surface area contributed by atoms with Crippen LogP contribution in [0.2, 0.25) is 0 Å². The van der Waals surface area contributed by atoms with Crippen LogP contribution >= 0.6 is 0 Å². The van der Waals surface area contributed by atoms with E-state index in [1.807, 2.05) is 12.4 Å². The van der Waals surface area contributed by atoms with Crippen molar-refractivity contribution in [1.82, 2.24) is 15.3 Å². The highest BCUT2D eigenvalue weighted by molar-refractivity contribution is 5.27. The highest BCUT2D eigenvalue weighted by Crippen LogP contribution is 2.36. The van der Waals surface area contributed by atoms with Crippen LogP contribution in [0.4, 0.5) is 0 Å². The zero-order chi connectivity index (χ0) is 15.7. The lowest BCUT2D eigenvalue weighted by molar-refractivity contribution is 0.242. The molecule has 3 heteroatoms. The predicted octanol–water partition coefficient (Wildman–Crippen LogP) is 4.20. The van der Waals surface area contributed by atoms with Gasteiger partial charge in [0.05, 0.1) is 23.5 Å². The van der Waals surface area contributed by atoms with E-state index in [0.717, 1.165) is 12.1 Å². The molecule has 1 aliphatic rings. The smallest absolute Gasteiger partial charge is 0.0605 e. The van der Waals surface area contributed by atoms with Crippen molar-refractivity contribution in [1.29, 1.82) is 0 Å². The third-order valence-electron chi connectivity index (χ3n) is 4.70. The third kappa shape index (κ3) is 3.05. The van der Waals surface area contributed by atoms with E-state index in [2.05, 4.69) is 56.2 Å². The number of aromatic nitrogens is 2. The van der Waals surface area contributed by atoms with Crippen molar-refractivity contribution in [2.24, 2.45) is 5.92 Å². The molecular formula is C19H25N3. The first-order valence-corrected chi connectivity index (χ1v) is 8.16. The van der Waals surface area contributed by atoms with Crippen LogP contribution in [-0.2, 0) is 0 Å². The predicted molar refractivity (Wildman–Crippen MR) is 89.7 cm³/mol. The summed E-state index contributed by atoms with van der Waals surface area (Å²) in [6, 6.07) is 7.15. The van der Waals surface area contributed by atoms with Gasteiger partial charge in [-0.2, -0.15) is 0 Å². The van der Waals surface area contributed by atoms with Crippen LogP contribution in [0.5, 0.6) is 0 Å². The van der Waals surface area contributed by atoms with E-state index in [1.165, 1.54) is 28.8 Å². The summed E-state index contributed by atoms with van der Waals surface area (Å²) in [5.74, 6) is 0.593. The maximum atomic E-state index is 4.71. The Balaban J connectivity index is 1.86. The Hall–Kier alpha value is -1.74. The summed E-state index contributed by atoms with van der Waals surface area (Å²) in [6.45, 7) is 8.66. The molecule has 2 aromatic rings. The highest BCUT2D eigenvalue weighted by Gasteiger charge is 2.31. The molecule has 3 rings (SSSR count). The first kappa shape index (κ1) is 15.2. The van der Waals surface area contributed by atoms with E-state index in [4.69, 9.17) is 4.98 Å². The van der Waals surface area contributed by atoms with Crippen LogP contribution in [-0.4, -0.2) is 9.97 Å². The van der Waals surface area contributed by atoms with E-state index >= 15 is 0 Å². The van der Waals surface area contributed by atoms with E-state index < -0.39 is 0 Å². The first-order chi connectivity index (χ1) is 10.5. The van der Waals surface area contributed by atoms with Crippen molar-refractivity contribution in [2.45, 2.75) is 52.6 Å². The van der Waals surface area contributed by atoms with E-state index in [9.17, 15) is 0 Å². The summed E-state index contributed by atoms with van der Waals surface area (Å²) in [5.41, 5.74) is 6.05. The van der Waals surface area contributed by atoms with Gasteiger partial charge in [0.15, 0.2) is 0 Å². The zero-order valence-corrected chi connectivity index (χ0v) is 13.9. The molecule has 3 atom stereocenters. The molecule has 116 valence electrons. The molecule has 0 bridgehead atoms. The molecule has 1 N–H and O–H groups in total. The van der Waals surface area contributed by atoms with E-state index in [0.29, 0.717) is 18.0 Å². The Morgan fingerprint density at radius 3 is 2.45 bits per heavy atom. The average molecular weight is 295 g/mol. The minimum absolute atomic E-state index is 0.308. The van der Waals surface area contributed by atoms with Crippen molar-refractivity contribution in [3.63, 3.8) is 0 Å². The number of nitrogens with zero attached hydrogens (tertiary/aromatic N) is 2. The lowest BCUT2D eigenvalue weighted by atomic mass is 9.84. The van der Waals surface area contributed by atoms with Crippen molar-refractivity contribution in [2.75, 3.05) is 0 Å². The van der Waals surface area contributed by atoms with Gasteiger partial charge < -0.3 is 5.32 Å². The topological polar surface area (TPSA) is 37.8 Å². The number of rotatable bonds is 2. The fraction of sp³-hybridized carbons (Fsp3) is 0.474. The summed E-state index contributed by atoms with van der Waals surface area (Å²) < 4.78 is 0. The van der Waals surface area contributed by atoms with Crippen molar-refractivity contribution >= 4 is 0 Å². The number of hydrogen-bond acceptors (Lipinski definition) is 3. The Kier molecular flexibility index (Phi) is 4.25. The Morgan fingerprint density at radius 1 is 1.00 bits per heavy atom. The van der Waals surface area contributed by atoms with Gasteiger partial charge in [0.2, 0.25) is 0 Å². The molecule has 1 fully saturated rings. The fourth-order valence-corrected chi connectivity index (χ4v) is 3.38. The molecule has 1 saturated heterocycles. The van der Waals surface area contributed by atoms with Crippen molar-refractivity contribution < 1.29 is 0 Å². The Bertz CT molecular complexity index is 648. The first-order valence-electron chi connectivity index (χ1n) is 8.16. The van der Waals surface area contributed by atoms with Gasteiger partial charge in [-0.05, 0) is 62.3 Å². The molecule has 0 saturated carbocycles. The van der Waals surface area contributed by atoms with Gasteiger partial charge in [-0.15, -0.1) is 0 Å². The number of pyridine rings is 2. The fourth-order valence-electron chi connectivity index (χ4n) is 3.38. The van der Waals surface area contributed by atoms with Crippen LogP contribution in [0.25, 0.3) is 0 Å². The highest BCUT2D eigenvalue weighted by atomic mass is 15.0. The van der Waals surface area contributed by atoms with Crippen molar-refractivity contribution in [3.8, 4) is 0 Å². The normalized spacial score (nSPS) is 25.2. The molecule has 0 aliphatic carbocycles. The number of piperidine rings is 1. The number of nitrogens with one attached hydrogen (secondary N) is 1. The summed E-state index contributed by atoms with van der Waals surface area (Å²) in [4.78, 5) is 9.32. The molecule has 2 aromatic heterocycles. The van der Waals surface area contributed by atoms with Gasteiger partial charge in [-0.1, -0.05) is 19.1 Å². The van der Waals surface area contributed by atoms with Gasteiger partial charge in [0, 0.05) is 12.4 Å². The molecular weight excluding hydrogens is 270 g/mol. The Labute approximate surface area is 133 Å². The maximum Gasteiger partial charge on any atom is 0.0605 e. The summed E-state index contributed by atoms with van der Waals surface area (Å²) in [7, 11) is 0. The summed E-state index contributed by atoms with van der Waals surface area (Å²) in [6.07, 6.45) is 6.27. The van der Waals surface area contributed by atoms with Crippen LogP contribution in [0.3, 0.4) is 0 Å². The SMILES string of the molecule is Cc1ccc(C2CCC(C)C(c3ncc(C)cc3C)N2)nc1. The zero-order valence-electron chi connectivity index (χ0n) is 13.9. The van der Waals surface area contributed by atoms with Crippen LogP contribution in [0, 0.1) is 26.7 Å². The third-order valence-corrected chi connectivity index (χ3v) is 4.70. The molecule has 1 aliphatic heterocycles. The second-order valence-electron chi connectivity index (χ2n) is 6.73. The van der Waals surface area contributed by atoms with E-state index in [-0.39, 0.29) is 0 Å². The molecule has 0 radical (unpaired) electrons. The molecule has 3 nitrogen and oxygen atoms in total. The second kappa shape index (κ2) is 6.17. The Morgan fingerprint density at radius 2 is 1.77 bits per heavy atom. The second-order valence-corrected chi connectivity index (χ2v) is 6.73. The molecule has 3 heterocycles. The van der Waals surface area contributed by atoms with Gasteiger partial charge >= 0.3 is 0 Å². The lowest BCUT2D eigenvalue weighted by Crippen LogP contribution is -2.37. The van der Waals surface area contributed by atoms with Gasteiger partial charge in [-0.3, -0.25) is 9.97 Å². The molecule has 22 heavy (non-hydrogen) atoms. The lowest BCUT2D eigenvalue weighted by Gasteiger charge is -2.36. The average Bonchev–Trinajstić information content (AvgIpc) is 2.49. The monoisotopic (exact) mass is 295 g/mol. The van der Waals surface area contributed by atoms with Gasteiger partial charge in [0.1, 0.15) is 0 Å². The summed E-state index contributed by atoms with van der Waals surface area (Å²) in [5, 5.41) is 3.79. The quantitative estimate of drug-likeness (QED) is 0.902. The number of hydrogen-bond donors (Lipinski definition) is 1. The minimum Gasteiger partial charge on any atom is -0.300 e. The molecule has 0 spiro atoms. The van der Waals surface area contributed by atoms with Crippen LogP contribution in [0.15, 0.2) is 30.6 Å². The van der Waals surface area contributed by atoms with Crippen molar-refractivity contribution in [3.05, 3.63) is 58.7 Å². The number of aryl methyl sites for hydroxylation is 3. The largest absolute Gasteiger partial charge is 0.300 e. The van der Waals surface area contributed by atoms with E-state index in [1.54, 1.807) is 0 Å².